The van der Waals surface area contributed by atoms with Gasteiger partial charge in [-0.2, -0.15) is 0 Å². The van der Waals surface area contributed by atoms with Gasteiger partial charge >= 0.3 is 0 Å². The first-order chi connectivity index (χ1) is 16.0. The van der Waals surface area contributed by atoms with Crippen molar-refractivity contribution >= 4 is 39.4 Å². The van der Waals surface area contributed by atoms with Gasteiger partial charge in [0, 0.05) is 5.69 Å². The van der Waals surface area contributed by atoms with E-state index >= 15 is 0 Å². The minimum absolute atomic E-state index is 0.0183. The summed E-state index contributed by atoms with van der Waals surface area (Å²) >= 11 is 6.15. The molecule has 0 fully saturated rings. The maximum Gasteiger partial charge on any atom is 0.264 e. The van der Waals surface area contributed by atoms with Crippen molar-refractivity contribution in [3.05, 3.63) is 87.8 Å². The van der Waals surface area contributed by atoms with Crippen LogP contribution in [0, 0.1) is 11.6 Å². The Labute approximate surface area is 191 Å². The zero-order valence-electron chi connectivity index (χ0n) is 17.3. The molecule has 1 unspecified atom stereocenters. The van der Waals surface area contributed by atoms with Crippen molar-refractivity contribution in [3.63, 3.8) is 0 Å². The van der Waals surface area contributed by atoms with Gasteiger partial charge in [0.25, 0.3) is 5.56 Å². The molecule has 2 aromatic carbocycles. The topological polar surface area (TPSA) is 88.5 Å². The number of hydrogen-bond donors (Lipinski definition) is 2. The van der Waals surface area contributed by atoms with E-state index in [1.807, 2.05) is 6.92 Å². The van der Waals surface area contributed by atoms with Gasteiger partial charge in [0.2, 0.25) is 0 Å². The molecule has 7 nitrogen and oxygen atoms in total. The highest BCUT2D eigenvalue weighted by Crippen LogP contribution is 2.31. The fraction of sp³-hybridized carbons (Fsp3) is 0.130. The Morgan fingerprint density at radius 3 is 2.73 bits per heavy atom. The Morgan fingerprint density at radius 1 is 1.12 bits per heavy atom. The lowest BCUT2D eigenvalue weighted by molar-refractivity contribution is 0.605. The van der Waals surface area contributed by atoms with Crippen molar-refractivity contribution in [2.45, 2.75) is 19.4 Å². The van der Waals surface area contributed by atoms with E-state index in [1.165, 1.54) is 47.6 Å². The standard InChI is InChI=1S/C23H17ClF2N6O/c1-2-15(31-22-20-21(28-10-27-20)29-11-30-22)17-9-12-7-8-14(26)19(24)18(12)23(33)32(17)16-6-4-3-5-13(16)25/h3-11,15H,2H2,1H3,(H2,27,28,29,30,31). The number of anilines is 1. The number of fused-ring (bicyclic) bond motifs is 2. The van der Waals surface area contributed by atoms with Crippen molar-refractivity contribution in [2.24, 2.45) is 0 Å². The second kappa shape index (κ2) is 8.25. The number of aromatic nitrogens is 5. The maximum atomic E-state index is 14.9. The van der Waals surface area contributed by atoms with Crippen molar-refractivity contribution in [2.75, 3.05) is 5.32 Å². The van der Waals surface area contributed by atoms with Crippen LogP contribution < -0.4 is 10.9 Å². The number of nitrogens with zero attached hydrogens (tertiary/aromatic N) is 4. The first-order valence-corrected chi connectivity index (χ1v) is 10.6. The molecular weight excluding hydrogens is 450 g/mol. The molecule has 10 heteroatoms. The van der Waals surface area contributed by atoms with Crippen molar-refractivity contribution in [1.29, 1.82) is 0 Å². The average molecular weight is 467 g/mol. The number of pyridine rings is 1. The van der Waals surface area contributed by atoms with Crippen molar-refractivity contribution in [3.8, 4) is 5.69 Å². The molecule has 5 rings (SSSR count). The third-order valence-electron chi connectivity index (χ3n) is 5.49. The summed E-state index contributed by atoms with van der Waals surface area (Å²) in [5, 5.41) is 3.42. The normalized spacial score (nSPS) is 12.4. The second-order valence-corrected chi connectivity index (χ2v) is 7.79. The molecule has 0 bridgehead atoms. The highest BCUT2D eigenvalue weighted by Gasteiger charge is 2.23. The Hall–Kier alpha value is -3.85. The van der Waals surface area contributed by atoms with Crippen LogP contribution in [0.3, 0.4) is 0 Å². The lowest BCUT2D eigenvalue weighted by atomic mass is 10.0. The molecule has 3 aromatic heterocycles. The molecule has 0 saturated heterocycles. The van der Waals surface area contributed by atoms with Gasteiger partial charge in [-0.1, -0.05) is 36.7 Å². The zero-order valence-corrected chi connectivity index (χ0v) is 18.1. The van der Waals surface area contributed by atoms with E-state index in [0.717, 1.165) is 0 Å². The van der Waals surface area contributed by atoms with Gasteiger partial charge in [-0.15, -0.1) is 0 Å². The van der Waals surface area contributed by atoms with Crippen LogP contribution >= 0.6 is 11.6 Å². The van der Waals surface area contributed by atoms with Crippen LogP contribution in [-0.4, -0.2) is 24.5 Å². The Morgan fingerprint density at radius 2 is 1.94 bits per heavy atom. The minimum Gasteiger partial charge on any atom is -0.360 e. The Kier molecular flexibility index (Phi) is 5.26. The summed E-state index contributed by atoms with van der Waals surface area (Å²) in [6.07, 6.45) is 3.42. The summed E-state index contributed by atoms with van der Waals surface area (Å²) in [4.78, 5) is 29.2. The quantitative estimate of drug-likeness (QED) is 0.374. The number of H-pyrrole nitrogens is 1. The largest absolute Gasteiger partial charge is 0.360 e. The van der Waals surface area contributed by atoms with E-state index in [1.54, 1.807) is 12.1 Å². The molecule has 166 valence electrons. The van der Waals surface area contributed by atoms with Crippen LogP contribution in [0.15, 0.2) is 59.9 Å². The first kappa shape index (κ1) is 21.0. The molecular formula is C23H17ClF2N6O. The molecule has 33 heavy (non-hydrogen) atoms. The molecule has 1 atom stereocenters. The molecule has 0 saturated carbocycles. The van der Waals surface area contributed by atoms with Crippen LogP contribution in [-0.2, 0) is 0 Å². The van der Waals surface area contributed by atoms with Gasteiger partial charge in [0.1, 0.15) is 23.5 Å². The van der Waals surface area contributed by atoms with Crippen LogP contribution in [0.4, 0.5) is 14.6 Å². The lowest BCUT2D eigenvalue weighted by Crippen LogP contribution is -2.27. The summed E-state index contributed by atoms with van der Waals surface area (Å²) in [5.41, 5.74) is 0.957. The Balaban J connectivity index is 1.78. The Bertz CT molecular complexity index is 1560. The van der Waals surface area contributed by atoms with Crippen molar-refractivity contribution in [1.82, 2.24) is 24.5 Å². The summed E-state index contributed by atoms with van der Waals surface area (Å²) < 4.78 is 30.3. The second-order valence-electron chi connectivity index (χ2n) is 7.41. The summed E-state index contributed by atoms with van der Waals surface area (Å²) in [7, 11) is 0. The van der Waals surface area contributed by atoms with Crippen LogP contribution in [0.1, 0.15) is 25.1 Å². The monoisotopic (exact) mass is 466 g/mol. The molecule has 0 aliphatic carbocycles. The van der Waals surface area contributed by atoms with E-state index in [-0.39, 0.29) is 16.1 Å². The smallest absolute Gasteiger partial charge is 0.264 e. The predicted molar refractivity (Wildman–Crippen MR) is 123 cm³/mol. The number of imidazole rings is 1. The lowest BCUT2D eigenvalue weighted by Gasteiger charge is -2.24. The van der Waals surface area contributed by atoms with E-state index in [2.05, 4.69) is 25.3 Å². The zero-order chi connectivity index (χ0) is 23.1. The molecule has 0 spiro atoms. The van der Waals surface area contributed by atoms with Gasteiger partial charge in [-0.25, -0.2) is 23.7 Å². The van der Waals surface area contributed by atoms with Crippen LogP contribution in [0.2, 0.25) is 5.02 Å². The molecule has 0 amide bonds. The molecule has 3 heterocycles. The van der Waals surface area contributed by atoms with Gasteiger partial charge in [-0.05, 0) is 36.1 Å². The maximum absolute atomic E-state index is 14.9. The molecule has 5 aromatic rings. The van der Waals surface area contributed by atoms with Gasteiger partial charge < -0.3 is 10.3 Å². The molecule has 0 aliphatic rings. The van der Waals surface area contributed by atoms with Gasteiger partial charge in [0.05, 0.1) is 28.5 Å². The van der Waals surface area contributed by atoms with Crippen LogP contribution in [0.25, 0.3) is 27.6 Å². The van der Waals surface area contributed by atoms with E-state index in [9.17, 15) is 13.6 Å². The molecule has 2 N–H and O–H groups in total. The van der Waals surface area contributed by atoms with E-state index in [0.29, 0.717) is 34.5 Å². The highest BCUT2D eigenvalue weighted by molar-refractivity contribution is 6.35. The third kappa shape index (κ3) is 3.50. The van der Waals surface area contributed by atoms with E-state index in [4.69, 9.17) is 11.6 Å². The minimum atomic E-state index is -0.721. The number of hydrogen-bond acceptors (Lipinski definition) is 5. The van der Waals surface area contributed by atoms with Crippen molar-refractivity contribution < 1.29 is 8.78 Å². The van der Waals surface area contributed by atoms with Gasteiger partial charge in [0.15, 0.2) is 11.5 Å². The third-order valence-corrected chi connectivity index (χ3v) is 5.86. The van der Waals surface area contributed by atoms with Gasteiger partial charge in [-0.3, -0.25) is 9.36 Å². The van der Waals surface area contributed by atoms with E-state index < -0.39 is 23.2 Å². The van der Waals surface area contributed by atoms with Crippen LogP contribution in [0.5, 0.6) is 0 Å². The number of para-hydroxylation sites is 1. The number of nitrogens with one attached hydrogen (secondary N) is 2. The molecule has 0 aliphatic heterocycles. The number of aromatic amines is 1. The number of rotatable bonds is 5. The predicted octanol–water partition coefficient (Wildman–Crippen LogP) is 5.15. The number of halogens is 3. The average Bonchev–Trinajstić information content (AvgIpc) is 3.30. The summed E-state index contributed by atoms with van der Waals surface area (Å²) in [6, 6.07) is 9.82. The number of benzene rings is 2. The highest BCUT2D eigenvalue weighted by atomic mass is 35.5. The SMILES string of the molecule is CCC(Nc1ncnc2[nH]cnc12)c1cc2ccc(F)c(Cl)c2c(=O)n1-c1ccccc1F. The fourth-order valence-corrected chi connectivity index (χ4v) is 4.17. The summed E-state index contributed by atoms with van der Waals surface area (Å²) in [5.74, 6) is -0.863. The summed E-state index contributed by atoms with van der Waals surface area (Å²) in [6.45, 7) is 1.92. The fourth-order valence-electron chi connectivity index (χ4n) is 3.91. The molecule has 0 radical (unpaired) electrons. The first-order valence-electron chi connectivity index (χ1n) is 10.2.